The van der Waals surface area contributed by atoms with Gasteiger partial charge in [0, 0.05) is 17.4 Å². The summed E-state index contributed by atoms with van der Waals surface area (Å²) in [6.07, 6.45) is -0.495. The second-order valence-electron chi connectivity index (χ2n) is 4.19. The third kappa shape index (κ3) is 2.25. The minimum atomic E-state index is -1.35. The van der Waals surface area contributed by atoms with Gasteiger partial charge in [0.15, 0.2) is 0 Å². The molecule has 4 heteroatoms. The highest BCUT2D eigenvalue weighted by Gasteiger charge is 2.38. The summed E-state index contributed by atoms with van der Waals surface area (Å²) < 4.78 is 0. The minimum Gasteiger partial charge on any atom is -0.550 e. The van der Waals surface area contributed by atoms with E-state index in [1.54, 1.807) is 27.7 Å². The van der Waals surface area contributed by atoms with Gasteiger partial charge in [-0.25, -0.2) is 0 Å². The third-order valence-electron chi connectivity index (χ3n) is 2.88. The lowest BCUT2D eigenvalue weighted by molar-refractivity contribution is -0.333. The van der Waals surface area contributed by atoms with E-state index in [9.17, 15) is 19.8 Å². The molecule has 0 amide bonds. The SMILES string of the molecule is CC(C)C(CC(=O)[O-])(C(=O)[O-])C(C)C. The van der Waals surface area contributed by atoms with Gasteiger partial charge < -0.3 is 19.8 Å². The highest BCUT2D eigenvalue weighted by Crippen LogP contribution is 2.38. The fraction of sp³-hybridized carbons (Fsp3) is 0.800. The van der Waals surface area contributed by atoms with Crippen molar-refractivity contribution in [3.8, 4) is 0 Å². The Labute approximate surface area is 83.9 Å². The van der Waals surface area contributed by atoms with Gasteiger partial charge in [-0.1, -0.05) is 27.7 Å². The maximum atomic E-state index is 11.0. The molecule has 0 saturated carbocycles. The Balaban J connectivity index is 5.16. The van der Waals surface area contributed by atoms with Gasteiger partial charge in [0.25, 0.3) is 0 Å². The predicted octanol–water partition coefficient (Wildman–Crippen LogP) is -0.825. The van der Waals surface area contributed by atoms with Gasteiger partial charge in [-0.05, 0) is 18.3 Å². The van der Waals surface area contributed by atoms with Crippen LogP contribution in [0.3, 0.4) is 0 Å². The van der Waals surface area contributed by atoms with Crippen LogP contribution in [0.25, 0.3) is 0 Å². The number of hydrogen-bond donors (Lipinski definition) is 0. The van der Waals surface area contributed by atoms with Gasteiger partial charge in [-0.3, -0.25) is 0 Å². The molecule has 0 aromatic carbocycles. The molecule has 0 heterocycles. The van der Waals surface area contributed by atoms with Crippen LogP contribution in [0.1, 0.15) is 34.1 Å². The lowest BCUT2D eigenvalue weighted by Crippen LogP contribution is -2.52. The topological polar surface area (TPSA) is 80.3 Å². The summed E-state index contributed by atoms with van der Waals surface area (Å²) in [6.45, 7) is 6.72. The summed E-state index contributed by atoms with van der Waals surface area (Å²) in [7, 11) is 0. The maximum Gasteiger partial charge on any atom is 0.0485 e. The summed E-state index contributed by atoms with van der Waals surface area (Å²) in [5.74, 6) is -3.26. The van der Waals surface area contributed by atoms with Gasteiger partial charge in [-0.2, -0.15) is 0 Å². The van der Waals surface area contributed by atoms with E-state index in [0.29, 0.717) is 0 Å². The van der Waals surface area contributed by atoms with Crippen molar-refractivity contribution in [3.63, 3.8) is 0 Å². The third-order valence-corrected chi connectivity index (χ3v) is 2.88. The van der Waals surface area contributed by atoms with Gasteiger partial charge in [0.05, 0.1) is 0 Å². The summed E-state index contributed by atoms with van der Waals surface area (Å²) in [5.41, 5.74) is -1.33. The monoisotopic (exact) mass is 200 g/mol. The molecule has 82 valence electrons. The zero-order valence-corrected chi connectivity index (χ0v) is 8.99. The molecule has 0 atom stereocenters. The van der Waals surface area contributed by atoms with E-state index in [4.69, 9.17) is 0 Å². The molecule has 0 bridgehead atoms. The average Bonchev–Trinajstić information content (AvgIpc) is 1.97. The second-order valence-corrected chi connectivity index (χ2v) is 4.19. The van der Waals surface area contributed by atoms with Crippen molar-refractivity contribution in [1.29, 1.82) is 0 Å². The fourth-order valence-corrected chi connectivity index (χ4v) is 1.86. The van der Waals surface area contributed by atoms with Crippen molar-refractivity contribution in [1.82, 2.24) is 0 Å². The van der Waals surface area contributed by atoms with Crippen LogP contribution >= 0.6 is 0 Å². The van der Waals surface area contributed by atoms with Crippen LogP contribution < -0.4 is 10.2 Å². The standard InChI is InChI=1S/C10H18O4/c1-6(2)10(7(3)4,9(13)14)5-8(11)12/h6-7H,5H2,1-4H3,(H,11,12)(H,13,14)/p-2. The minimum absolute atomic E-state index is 0.301. The smallest absolute Gasteiger partial charge is 0.0485 e. The summed E-state index contributed by atoms with van der Waals surface area (Å²) in [5, 5.41) is 21.6. The van der Waals surface area contributed by atoms with Crippen molar-refractivity contribution in [2.75, 3.05) is 0 Å². The number of rotatable bonds is 5. The first-order chi connectivity index (χ1) is 6.25. The molecule has 0 aliphatic rings. The summed E-state index contributed by atoms with van der Waals surface area (Å²) in [4.78, 5) is 21.6. The maximum absolute atomic E-state index is 11.0. The van der Waals surface area contributed by atoms with E-state index >= 15 is 0 Å². The molecular formula is C10H16O4-2. The van der Waals surface area contributed by atoms with E-state index < -0.39 is 23.8 Å². The normalized spacial score (nSPS) is 12.1. The van der Waals surface area contributed by atoms with Crippen molar-refractivity contribution >= 4 is 11.9 Å². The average molecular weight is 200 g/mol. The van der Waals surface area contributed by atoms with E-state index in [0.717, 1.165) is 0 Å². The van der Waals surface area contributed by atoms with Gasteiger partial charge >= 0.3 is 0 Å². The molecule has 0 aliphatic carbocycles. The Kier molecular flexibility index (Phi) is 4.10. The second kappa shape index (κ2) is 4.44. The highest BCUT2D eigenvalue weighted by molar-refractivity contribution is 5.79. The molecule has 0 aliphatic heterocycles. The number of carboxylic acids is 2. The van der Waals surface area contributed by atoms with E-state index in [-0.39, 0.29) is 11.8 Å². The molecule has 4 nitrogen and oxygen atoms in total. The molecule has 0 rings (SSSR count). The van der Waals surface area contributed by atoms with Crippen LogP contribution in [0.4, 0.5) is 0 Å². The van der Waals surface area contributed by atoms with E-state index in [2.05, 4.69) is 0 Å². The van der Waals surface area contributed by atoms with Crippen LogP contribution in [0.5, 0.6) is 0 Å². The number of carboxylic acid groups (broad SMARTS) is 2. The largest absolute Gasteiger partial charge is 0.550 e. The lowest BCUT2D eigenvalue weighted by atomic mass is 9.67. The zero-order chi connectivity index (χ0) is 11.5. The molecule has 0 aromatic heterocycles. The van der Waals surface area contributed by atoms with E-state index in [1.807, 2.05) is 0 Å². The molecule has 0 radical (unpaired) electrons. The predicted molar refractivity (Wildman–Crippen MR) is 46.7 cm³/mol. The number of aliphatic carboxylic acids is 2. The van der Waals surface area contributed by atoms with Crippen molar-refractivity contribution in [2.45, 2.75) is 34.1 Å². The fourth-order valence-electron chi connectivity index (χ4n) is 1.86. The Morgan fingerprint density at radius 3 is 1.50 bits per heavy atom. The Morgan fingerprint density at radius 2 is 1.43 bits per heavy atom. The summed E-state index contributed by atoms with van der Waals surface area (Å²) >= 11 is 0. The number of carbonyl (C=O) groups excluding carboxylic acids is 2. The lowest BCUT2D eigenvalue weighted by Gasteiger charge is -2.42. The van der Waals surface area contributed by atoms with Gasteiger partial charge in [0.1, 0.15) is 0 Å². The first-order valence-electron chi connectivity index (χ1n) is 4.66. The zero-order valence-electron chi connectivity index (χ0n) is 8.99. The summed E-state index contributed by atoms with van der Waals surface area (Å²) in [6, 6.07) is 0. The highest BCUT2D eigenvalue weighted by atomic mass is 16.4. The molecular weight excluding hydrogens is 184 g/mol. The Morgan fingerprint density at radius 1 is 1.07 bits per heavy atom. The van der Waals surface area contributed by atoms with Gasteiger partial charge in [-0.15, -0.1) is 0 Å². The van der Waals surface area contributed by atoms with Gasteiger partial charge in [0.2, 0.25) is 0 Å². The molecule has 0 fully saturated rings. The number of carbonyl (C=O) groups is 2. The Hall–Kier alpha value is -1.06. The quantitative estimate of drug-likeness (QED) is 0.580. The molecule has 0 unspecified atom stereocenters. The molecule has 0 aromatic rings. The van der Waals surface area contributed by atoms with E-state index in [1.165, 1.54) is 0 Å². The first kappa shape index (κ1) is 12.9. The molecule has 0 N–H and O–H groups in total. The van der Waals surface area contributed by atoms with Crippen LogP contribution in [-0.4, -0.2) is 11.9 Å². The van der Waals surface area contributed by atoms with Crippen molar-refractivity contribution < 1.29 is 19.8 Å². The Bertz CT molecular complexity index is 222. The molecule has 0 saturated heterocycles. The number of hydrogen-bond acceptors (Lipinski definition) is 4. The van der Waals surface area contributed by atoms with Crippen LogP contribution in [0.15, 0.2) is 0 Å². The van der Waals surface area contributed by atoms with Crippen LogP contribution in [0, 0.1) is 17.3 Å². The van der Waals surface area contributed by atoms with Crippen LogP contribution in [0.2, 0.25) is 0 Å². The first-order valence-corrected chi connectivity index (χ1v) is 4.66. The van der Waals surface area contributed by atoms with Crippen molar-refractivity contribution in [2.24, 2.45) is 17.3 Å². The van der Waals surface area contributed by atoms with Crippen molar-refractivity contribution in [3.05, 3.63) is 0 Å². The molecule has 14 heavy (non-hydrogen) atoms. The molecule has 0 spiro atoms. The van der Waals surface area contributed by atoms with Crippen LogP contribution in [-0.2, 0) is 9.59 Å².